The second kappa shape index (κ2) is 8.37. The summed E-state index contributed by atoms with van der Waals surface area (Å²) in [7, 11) is 0. The molecule has 3 heterocycles. The predicted octanol–water partition coefficient (Wildman–Crippen LogP) is 1.54. The van der Waals surface area contributed by atoms with Crippen molar-refractivity contribution in [2.75, 3.05) is 18.9 Å². The van der Waals surface area contributed by atoms with Gasteiger partial charge in [-0.3, -0.25) is 4.79 Å². The largest absolute Gasteiger partial charge is 0.508 e. The highest BCUT2D eigenvalue weighted by molar-refractivity contribution is 5.99. The molecule has 3 aromatic heterocycles. The first kappa shape index (κ1) is 19.6. The monoisotopic (exact) mass is 409 g/mol. The number of aryl methyl sites for hydroxylation is 1. The minimum atomic E-state index is -0.158. The van der Waals surface area contributed by atoms with Gasteiger partial charge in [0.05, 0.1) is 17.7 Å². The molecule has 4 aromatic rings. The Hall–Kier alpha value is -3.66. The lowest BCUT2D eigenvalue weighted by Gasteiger charge is -2.05. The van der Waals surface area contributed by atoms with Crippen molar-refractivity contribution in [3.63, 3.8) is 0 Å². The van der Waals surface area contributed by atoms with Crippen molar-refractivity contribution >= 4 is 33.7 Å². The summed E-state index contributed by atoms with van der Waals surface area (Å²) in [6, 6.07) is 7.01. The van der Waals surface area contributed by atoms with Crippen LogP contribution < -0.4 is 11.1 Å². The Morgan fingerprint density at radius 3 is 2.93 bits per heavy atom. The van der Waals surface area contributed by atoms with E-state index in [1.807, 2.05) is 6.07 Å². The number of nitrogens with one attached hydrogen (secondary N) is 2. The van der Waals surface area contributed by atoms with E-state index in [-0.39, 0.29) is 24.7 Å². The number of phenols is 1. The number of aromatic nitrogens is 5. The van der Waals surface area contributed by atoms with E-state index in [4.69, 9.17) is 15.9 Å². The van der Waals surface area contributed by atoms with Crippen LogP contribution in [0.3, 0.4) is 0 Å². The summed E-state index contributed by atoms with van der Waals surface area (Å²) < 4.78 is 1.79. The number of hydrogen-bond donors (Lipinski definition) is 5. The number of unbranched alkanes of at least 4 members (excludes halogenated alkanes) is 1. The molecule has 1 aromatic carbocycles. The summed E-state index contributed by atoms with van der Waals surface area (Å²) in [6.45, 7) is 0.986. The molecule has 0 radical (unpaired) electrons. The molecule has 0 aliphatic rings. The SMILES string of the molecule is Nc1ncnc2c1c(-c1cc3cc(O)ccc3[nH]1)nn2CCCCNC(=O)CCO. The lowest BCUT2D eigenvalue weighted by molar-refractivity contribution is -0.121. The fourth-order valence-corrected chi connectivity index (χ4v) is 3.43. The van der Waals surface area contributed by atoms with Gasteiger partial charge in [0.1, 0.15) is 23.6 Å². The Labute approximate surface area is 171 Å². The zero-order chi connectivity index (χ0) is 21.1. The number of aliphatic hydroxyl groups excluding tert-OH is 1. The number of aromatic hydroxyl groups is 1. The van der Waals surface area contributed by atoms with Gasteiger partial charge in [0.25, 0.3) is 0 Å². The van der Waals surface area contributed by atoms with Crippen molar-refractivity contribution in [3.05, 3.63) is 30.6 Å². The van der Waals surface area contributed by atoms with Crippen LogP contribution in [0.2, 0.25) is 0 Å². The fourth-order valence-electron chi connectivity index (χ4n) is 3.43. The molecule has 0 spiro atoms. The quantitative estimate of drug-likeness (QED) is 0.276. The summed E-state index contributed by atoms with van der Waals surface area (Å²) in [5, 5.41) is 27.5. The summed E-state index contributed by atoms with van der Waals surface area (Å²) >= 11 is 0. The maximum Gasteiger partial charge on any atom is 0.222 e. The lowest BCUT2D eigenvalue weighted by atomic mass is 10.2. The molecule has 0 saturated heterocycles. The van der Waals surface area contributed by atoms with Crippen LogP contribution in [-0.2, 0) is 11.3 Å². The summed E-state index contributed by atoms with van der Waals surface area (Å²) in [6.07, 6.45) is 3.07. The van der Waals surface area contributed by atoms with E-state index in [1.54, 1.807) is 22.9 Å². The first-order chi connectivity index (χ1) is 14.6. The number of carbonyl (C=O) groups is 1. The third-order valence-corrected chi connectivity index (χ3v) is 4.88. The maximum atomic E-state index is 11.4. The number of nitrogens with two attached hydrogens (primary N) is 1. The Morgan fingerprint density at radius 2 is 2.10 bits per heavy atom. The predicted molar refractivity (Wildman–Crippen MR) is 113 cm³/mol. The van der Waals surface area contributed by atoms with Gasteiger partial charge in [-0.1, -0.05) is 0 Å². The van der Waals surface area contributed by atoms with Crippen molar-refractivity contribution in [3.8, 4) is 17.1 Å². The van der Waals surface area contributed by atoms with Gasteiger partial charge in [0.2, 0.25) is 5.91 Å². The highest BCUT2D eigenvalue weighted by atomic mass is 16.3. The zero-order valence-corrected chi connectivity index (χ0v) is 16.3. The molecule has 0 fully saturated rings. The molecule has 6 N–H and O–H groups in total. The van der Waals surface area contributed by atoms with Gasteiger partial charge in [-0.15, -0.1) is 0 Å². The first-order valence-corrected chi connectivity index (χ1v) is 9.73. The van der Waals surface area contributed by atoms with Crippen LogP contribution in [0, 0.1) is 0 Å². The second-order valence-corrected chi connectivity index (χ2v) is 7.01. The normalized spacial score (nSPS) is 11.4. The topological polar surface area (TPSA) is 155 Å². The summed E-state index contributed by atoms with van der Waals surface area (Å²) in [4.78, 5) is 23.2. The molecule has 10 nitrogen and oxygen atoms in total. The number of benzene rings is 1. The Kier molecular flexibility index (Phi) is 5.48. The summed E-state index contributed by atoms with van der Waals surface area (Å²) in [5.41, 5.74) is 9.06. The van der Waals surface area contributed by atoms with Gasteiger partial charge in [0, 0.05) is 30.4 Å². The molecule has 0 bridgehead atoms. The van der Waals surface area contributed by atoms with Crippen LogP contribution in [0.15, 0.2) is 30.6 Å². The maximum absolute atomic E-state index is 11.4. The number of carbonyl (C=O) groups excluding carboxylic acids is 1. The van der Waals surface area contributed by atoms with Crippen molar-refractivity contribution in [1.82, 2.24) is 30.0 Å². The van der Waals surface area contributed by atoms with E-state index in [0.717, 1.165) is 29.4 Å². The number of nitrogen functional groups attached to an aromatic ring is 1. The highest BCUT2D eigenvalue weighted by Crippen LogP contribution is 2.32. The zero-order valence-electron chi connectivity index (χ0n) is 16.3. The van der Waals surface area contributed by atoms with Crippen LogP contribution in [0.5, 0.6) is 5.75 Å². The molecule has 30 heavy (non-hydrogen) atoms. The van der Waals surface area contributed by atoms with Crippen LogP contribution in [-0.4, -0.2) is 54.0 Å². The number of aliphatic hydroxyl groups is 1. The average molecular weight is 409 g/mol. The molecule has 156 valence electrons. The third-order valence-electron chi connectivity index (χ3n) is 4.88. The third kappa shape index (κ3) is 3.90. The highest BCUT2D eigenvalue weighted by Gasteiger charge is 2.18. The Morgan fingerprint density at radius 1 is 1.23 bits per heavy atom. The average Bonchev–Trinajstić information content (AvgIpc) is 3.30. The molecule has 0 aliphatic heterocycles. The van der Waals surface area contributed by atoms with Gasteiger partial charge in [-0.25, -0.2) is 14.6 Å². The smallest absolute Gasteiger partial charge is 0.222 e. The van der Waals surface area contributed by atoms with Crippen LogP contribution in [0.1, 0.15) is 19.3 Å². The fraction of sp³-hybridized carbons (Fsp3) is 0.300. The van der Waals surface area contributed by atoms with E-state index in [2.05, 4.69) is 20.3 Å². The molecule has 4 rings (SSSR count). The number of H-pyrrole nitrogens is 1. The van der Waals surface area contributed by atoms with Crippen LogP contribution in [0.25, 0.3) is 33.3 Å². The second-order valence-electron chi connectivity index (χ2n) is 7.01. The van der Waals surface area contributed by atoms with Gasteiger partial charge in [-0.05, 0) is 37.1 Å². The van der Waals surface area contributed by atoms with Crippen molar-refractivity contribution in [2.45, 2.75) is 25.8 Å². The molecular formula is C20H23N7O3. The molecular weight excluding hydrogens is 386 g/mol. The molecule has 10 heteroatoms. The number of amides is 1. The van der Waals surface area contributed by atoms with E-state index in [0.29, 0.717) is 35.6 Å². The van der Waals surface area contributed by atoms with E-state index in [1.165, 1.54) is 6.33 Å². The number of fused-ring (bicyclic) bond motifs is 2. The lowest BCUT2D eigenvalue weighted by Crippen LogP contribution is -2.25. The molecule has 0 saturated carbocycles. The van der Waals surface area contributed by atoms with E-state index < -0.39 is 0 Å². The van der Waals surface area contributed by atoms with Crippen molar-refractivity contribution in [2.24, 2.45) is 0 Å². The van der Waals surface area contributed by atoms with Gasteiger partial charge in [0.15, 0.2) is 5.65 Å². The number of phenolic OH excluding ortho intramolecular Hbond substituents is 1. The van der Waals surface area contributed by atoms with Crippen LogP contribution in [0.4, 0.5) is 5.82 Å². The number of anilines is 1. The Bertz CT molecular complexity index is 1200. The minimum Gasteiger partial charge on any atom is -0.508 e. The minimum absolute atomic E-state index is 0.117. The summed E-state index contributed by atoms with van der Waals surface area (Å²) in [5.74, 6) is 0.381. The van der Waals surface area contributed by atoms with Crippen LogP contribution >= 0.6 is 0 Å². The number of aromatic amines is 1. The molecule has 0 atom stereocenters. The van der Waals surface area contributed by atoms with Crippen molar-refractivity contribution < 1.29 is 15.0 Å². The molecule has 0 unspecified atom stereocenters. The van der Waals surface area contributed by atoms with Gasteiger partial charge >= 0.3 is 0 Å². The Balaban J connectivity index is 1.57. The standard InChI is InChI=1S/C20H23N7O3/c21-19-17-18(15-10-12-9-13(29)3-4-14(12)25-15)26-27(20(17)24-11-23-19)7-2-1-6-22-16(30)5-8-28/h3-4,9-11,25,28-29H,1-2,5-8H2,(H,22,30)(H2,21,23,24). The van der Waals surface area contributed by atoms with Gasteiger partial charge < -0.3 is 26.2 Å². The van der Waals surface area contributed by atoms with E-state index in [9.17, 15) is 9.90 Å². The van der Waals surface area contributed by atoms with Crippen molar-refractivity contribution in [1.29, 1.82) is 0 Å². The van der Waals surface area contributed by atoms with Gasteiger partial charge in [-0.2, -0.15) is 5.10 Å². The molecule has 0 aliphatic carbocycles. The number of rotatable bonds is 8. The van der Waals surface area contributed by atoms with E-state index >= 15 is 0 Å². The number of nitrogens with zero attached hydrogens (tertiary/aromatic N) is 4. The molecule has 1 amide bonds. The number of hydrogen-bond acceptors (Lipinski definition) is 7. The first-order valence-electron chi connectivity index (χ1n) is 9.73.